The van der Waals surface area contributed by atoms with Crippen molar-refractivity contribution in [2.75, 3.05) is 33.3 Å². The lowest BCUT2D eigenvalue weighted by molar-refractivity contribution is 0.0949. The topological polar surface area (TPSA) is 72.3 Å². The number of methoxy groups -OCH3 is 1. The van der Waals surface area contributed by atoms with Gasteiger partial charge in [0.05, 0.1) is 13.7 Å². The highest BCUT2D eigenvalue weighted by atomic mass is 32.2. The number of pyridine rings is 1. The first-order valence-electron chi connectivity index (χ1n) is 12.4. The fourth-order valence-electron chi connectivity index (χ4n) is 4.44. The number of carbonyl (C=O) groups excluding carboxylic acids is 1. The normalized spacial score (nSPS) is 13.8. The summed E-state index contributed by atoms with van der Waals surface area (Å²) in [5, 5.41) is 3.96. The number of aromatic nitrogens is 3. The molecule has 5 rings (SSSR count). The second kappa shape index (κ2) is 11.6. The van der Waals surface area contributed by atoms with Crippen LogP contribution in [0.15, 0.2) is 72.0 Å². The van der Waals surface area contributed by atoms with Gasteiger partial charge in [-0.3, -0.25) is 9.36 Å². The minimum absolute atomic E-state index is 0.0132. The van der Waals surface area contributed by atoms with Crippen LogP contribution in [-0.4, -0.2) is 58.6 Å². The zero-order valence-corrected chi connectivity index (χ0v) is 21.3. The first kappa shape index (κ1) is 24.3. The van der Waals surface area contributed by atoms with Crippen molar-refractivity contribution in [3.8, 4) is 5.75 Å². The van der Waals surface area contributed by atoms with Crippen molar-refractivity contribution in [3.05, 3.63) is 83.6 Å². The summed E-state index contributed by atoms with van der Waals surface area (Å²) in [6.45, 7) is 4.58. The number of hydrogen-bond acceptors (Lipinski definition) is 6. The number of hydrogen-bond donors (Lipinski definition) is 1. The van der Waals surface area contributed by atoms with Gasteiger partial charge in [-0.25, -0.2) is 9.97 Å². The standard InChI is InChI=1S/C28H31N5O2S/c1-35-24-12-8-21(9-13-24)19-33-26-25(5-4-14-29-26)31-28(33)36-20-22-6-10-23(11-7-22)27(34)30-15-18-32-16-2-3-17-32/h4-14H,2-3,15-20H2,1H3,(H,30,34). The Morgan fingerprint density at radius 3 is 2.53 bits per heavy atom. The largest absolute Gasteiger partial charge is 0.497 e. The second-order valence-electron chi connectivity index (χ2n) is 8.96. The Balaban J connectivity index is 1.22. The average molecular weight is 502 g/mol. The van der Waals surface area contributed by atoms with E-state index < -0.39 is 0 Å². The Bertz CT molecular complexity index is 1300. The van der Waals surface area contributed by atoms with Crippen LogP contribution in [0, 0.1) is 0 Å². The molecule has 2 aromatic carbocycles. The van der Waals surface area contributed by atoms with Crippen LogP contribution in [0.4, 0.5) is 0 Å². The van der Waals surface area contributed by atoms with Crippen LogP contribution in [0.2, 0.25) is 0 Å². The van der Waals surface area contributed by atoms with Gasteiger partial charge in [0.2, 0.25) is 0 Å². The molecule has 1 amide bonds. The summed E-state index contributed by atoms with van der Waals surface area (Å²) in [5.74, 6) is 1.58. The summed E-state index contributed by atoms with van der Waals surface area (Å²) in [6.07, 6.45) is 4.33. The van der Waals surface area contributed by atoms with Gasteiger partial charge < -0.3 is 15.0 Å². The molecule has 0 bridgehead atoms. The van der Waals surface area contributed by atoms with E-state index >= 15 is 0 Å². The maximum absolute atomic E-state index is 12.5. The molecule has 36 heavy (non-hydrogen) atoms. The molecule has 1 fully saturated rings. The summed E-state index contributed by atoms with van der Waals surface area (Å²) < 4.78 is 7.44. The van der Waals surface area contributed by atoms with Gasteiger partial charge in [-0.15, -0.1) is 0 Å². The van der Waals surface area contributed by atoms with E-state index in [4.69, 9.17) is 9.72 Å². The number of fused-ring (bicyclic) bond motifs is 1. The van der Waals surface area contributed by atoms with E-state index in [-0.39, 0.29) is 5.91 Å². The van der Waals surface area contributed by atoms with E-state index in [9.17, 15) is 4.79 Å². The molecule has 0 saturated carbocycles. The van der Waals surface area contributed by atoms with Gasteiger partial charge in [-0.1, -0.05) is 36.0 Å². The van der Waals surface area contributed by atoms with Gasteiger partial charge in [0.25, 0.3) is 5.91 Å². The van der Waals surface area contributed by atoms with E-state index in [2.05, 4.69) is 31.9 Å². The summed E-state index contributed by atoms with van der Waals surface area (Å²) >= 11 is 1.68. The third-order valence-corrected chi connectivity index (χ3v) is 7.51. The summed E-state index contributed by atoms with van der Waals surface area (Å²) in [5.41, 5.74) is 4.75. The Kier molecular flexibility index (Phi) is 7.83. The molecule has 0 aliphatic carbocycles. The Morgan fingerprint density at radius 1 is 1.03 bits per heavy atom. The van der Waals surface area contributed by atoms with Gasteiger partial charge in [0, 0.05) is 30.6 Å². The third kappa shape index (κ3) is 5.88. The molecule has 1 N–H and O–H groups in total. The molecule has 4 aromatic rings. The number of ether oxygens (including phenoxy) is 1. The molecule has 7 nitrogen and oxygen atoms in total. The first-order chi connectivity index (χ1) is 17.7. The van der Waals surface area contributed by atoms with Gasteiger partial charge in [-0.05, 0) is 73.5 Å². The van der Waals surface area contributed by atoms with E-state index in [0.717, 1.165) is 58.6 Å². The number of imidazole rings is 1. The van der Waals surface area contributed by atoms with Gasteiger partial charge in [0.15, 0.2) is 10.8 Å². The Morgan fingerprint density at radius 2 is 1.78 bits per heavy atom. The molecule has 0 unspecified atom stereocenters. The number of nitrogens with zero attached hydrogens (tertiary/aromatic N) is 4. The van der Waals surface area contributed by atoms with Crippen LogP contribution < -0.4 is 10.1 Å². The highest BCUT2D eigenvalue weighted by molar-refractivity contribution is 7.98. The van der Waals surface area contributed by atoms with Crippen molar-refractivity contribution in [1.29, 1.82) is 0 Å². The van der Waals surface area contributed by atoms with Crippen LogP contribution in [0.1, 0.15) is 34.3 Å². The molecule has 186 valence electrons. The van der Waals surface area contributed by atoms with E-state index in [1.165, 1.54) is 12.8 Å². The highest BCUT2D eigenvalue weighted by Gasteiger charge is 2.14. The Hall–Kier alpha value is -3.36. The lowest BCUT2D eigenvalue weighted by Gasteiger charge is -2.14. The minimum atomic E-state index is -0.0132. The minimum Gasteiger partial charge on any atom is -0.497 e. The predicted octanol–water partition coefficient (Wildman–Crippen LogP) is 4.61. The van der Waals surface area contributed by atoms with Gasteiger partial charge >= 0.3 is 0 Å². The van der Waals surface area contributed by atoms with Crippen molar-refractivity contribution in [3.63, 3.8) is 0 Å². The maximum Gasteiger partial charge on any atom is 0.251 e. The molecule has 1 aliphatic heterocycles. The van der Waals surface area contributed by atoms with Crippen molar-refractivity contribution in [2.24, 2.45) is 0 Å². The molecule has 0 atom stereocenters. The number of thioether (sulfide) groups is 1. The van der Waals surface area contributed by atoms with Crippen molar-refractivity contribution < 1.29 is 9.53 Å². The lowest BCUT2D eigenvalue weighted by atomic mass is 10.1. The summed E-state index contributed by atoms with van der Waals surface area (Å²) in [6, 6.07) is 19.8. The van der Waals surface area contributed by atoms with Gasteiger partial charge in [0.1, 0.15) is 11.3 Å². The molecular formula is C28H31N5O2S. The van der Waals surface area contributed by atoms with E-state index in [0.29, 0.717) is 18.7 Å². The van der Waals surface area contributed by atoms with E-state index in [1.54, 1.807) is 25.1 Å². The second-order valence-corrected chi connectivity index (χ2v) is 9.91. The number of carbonyl (C=O) groups is 1. The summed E-state index contributed by atoms with van der Waals surface area (Å²) in [7, 11) is 1.67. The van der Waals surface area contributed by atoms with Crippen LogP contribution in [0.5, 0.6) is 5.75 Å². The molecule has 1 aliphatic rings. The zero-order chi connectivity index (χ0) is 24.7. The number of amides is 1. The monoisotopic (exact) mass is 501 g/mol. The van der Waals surface area contributed by atoms with Crippen LogP contribution in [0.25, 0.3) is 11.2 Å². The zero-order valence-electron chi connectivity index (χ0n) is 20.5. The number of nitrogens with one attached hydrogen (secondary N) is 1. The first-order valence-corrected chi connectivity index (χ1v) is 13.3. The lowest BCUT2D eigenvalue weighted by Crippen LogP contribution is -2.33. The fraction of sp³-hybridized carbons (Fsp3) is 0.321. The smallest absolute Gasteiger partial charge is 0.251 e. The average Bonchev–Trinajstić information content (AvgIpc) is 3.56. The molecular weight excluding hydrogens is 470 g/mol. The predicted molar refractivity (Wildman–Crippen MR) is 144 cm³/mol. The van der Waals surface area contributed by atoms with E-state index in [1.807, 2.05) is 48.5 Å². The van der Waals surface area contributed by atoms with Crippen LogP contribution in [-0.2, 0) is 12.3 Å². The molecule has 0 spiro atoms. The molecule has 1 saturated heterocycles. The Labute approximate surface area is 215 Å². The quantitative estimate of drug-likeness (QED) is 0.320. The molecule has 8 heteroatoms. The third-order valence-electron chi connectivity index (χ3n) is 6.46. The molecule has 2 aromatic heterocycles. The van der Waals surface area contributed by atoms with Crippen LogP contribution >= 0.6 is 11.8 Å². The SMILES string of the molecule is COc1ccc(Cn2c(SCc3ccc(C(=O)NCCN4CCCC4)cc3)nc3cccnc32)cc1. The molecule has 3 heterocycles. The number of rotatable bonds is 10. The van der Waals surface area contributed by atoms with Gasteiger partial charge in [-0.2, -0.15) is 0 Å². The number of likely N-dealkylation sites (tertiary alicyclic amines) is 1. The maximum atomic E-state index is 12.5. The van der Waals surface area contributed by atoms with Crippen molar-refractivity contribution in [1.82, 2.24) is 24.8 Å². The van der Waals surface area contributed by atoms with Crippen LogP contribution in [0.3, 0.4) is 0 Å². The molecule has 0 radical (unpaired) electrons. The van der Waals surface area contributed by atoms with Crippen molar-refractivity contribution >= 4 is 28.8 Å². The fourth-order valence-corrected chi connectivity index (χ4v) is 5.40. The summed E-state index contributed by atoms with van der Waals surface area (Å²) in [4.78, 5) is 24.3. The van der Waals surface area contributed by atoms with Crippen molar-refractivity contribution in [2.45, 2.75) is 30.3 Å². The highest BCUT2D eigenvalue weighted by Crippen LogP contribution is 2.27. The number of benzene rings is 2.